The molecule has 1 aliphatic heterocycles. The van der Waals surface area contributed by atoms with Crippen LogP contribution in [0.4, 0.5) is 5.69 Å². The van der Waals surface area contributed by atoms with Gasteiger partial charge in [-0.05, 0) is 59.4 Å². The summed E-state index contributed by atoms with van der Waals surface area (Å²) in [7, 11) is 0. The molecular weight excluding hydrogens is 484 g/mol. The van der Waals surface area contributed by atoms with Gasteiger partial charge in [0.05, 0.1) is 16.1 Å². The molecule has 0 fully saturated rings. The second-order valence-electron chi connectivity index (χ2n) is 9.44. The van der Waals surface area contributed by atoms with Gasteiger partial charge in [-0.3, -0.25) is 0 Å². The molecule has 0 aliphatic carbocycles. The highest BCUT2D eigenvalue weighted by molar-refractivity contribution is 8.03. The second kappa shape index (κ2) is 12.3. The maximum atomic E-state index is 9.43. The summed E-state index contributed by atoms with van der Waals surface area (Å²) in [5, 5.41) is 11.9. The summed E-state index contributed by atoms with van der Waals surface area (Å²) in [5.41, 5.74) is 7.42. The number of aliphatic hydroxyl groups is 1. The largest absolute Gasteiger partial charge is 0.390 e. The first kappa shape index (κ1) is 26.0. The molecule has 3 aromatic carbocycles. The van der Waals surface area contributed by atoms with E-state index in [1.807, 2.05) is 11.8 Å². The summed E-state index contributed by atoms with van der Waals surface area (Å²) in [5.74, 6) is 0. The molecular formula is C34H35N2OS+. The zero-order valence-electron chi connectivity index (χ0n) is 22.2. The molecule has 0 amide bonds. The van der Waals surface area contributed by atoms with Crippen molar-refractivity contribution in [1.29, 1.82) is 0 Å². The van der Waals surface area contributed by atoms with Gasteiger partial charge < -0.3 is 10.0 Å². The predicted molar refractivity (Wildman–Crippen MR) is 162 cm³/mol. The molecule has 2 heterocycles. The number of rotatable bonds is 9. The average Bonchev–Trinajstić information content (AvgIpc) is 3.31. The van der Waals surface area contributed by atoms with Crippen molar-refractivity contribution in [3.63, 3.8) is 0 Å². The van der Waals surface area contributed by atoms with Gasteiger partial charge in [0.25, 0.3) is 0 Å². The summed E-state index contributed by atoms with van der Waals surface area (Å²) < 4.78 is 2.11. The van der Waals surface area contributed by atoms with Crippen LogP contribution < -0.4 is 9.47 Å². The molecule has 1 aromatic heterocycles. The highest BCUT2D eigenvalue weighted by atomic mass is 32.2. The van der Waals surface area contributed by atoms with Gasteiger partial charge in [0.15, 0.2) is 12.7 Å². The first-order valence-corrected chi connectivity index (χ1v) is 14.3. The summed E-state index contributed by atoms with van der Waals surface area (Å²) in [6.07, 6.45) is 13.1. The Morgan fingerprint density at radius 3 is 2.55 bits per heavy atom. The Bertz CT molecular complexity index is 1500. The average molecular weight is 520 g/mol. The van der Waals surface area contributed by atoms with Crippen molar-refractivity contribution in [1.82, 2.24) is 0 Å². The van der Waals surface area contributed by atoms with Crippen molar-refractivity contribution < 1.29 is 9.67 Å². The lowest BCUT2D eigenvalue weighted by molar-refractivity contribution is -0.672. The second-order valence-corrected chi connectivity index (χ2v) is 10.5. The van der Waals surface area contributed by atoms with Gasteiger partial charge in [-0.1, -0.05) is 92.4 Å². The third kappa shape index (κ3) is 5.62. The van der Waals surface area contributed by atoms with Crippen molar-refractivity contribution in [2.45, 2.75) is 38.1 Å². The van der Waals surface area contributed by atoms with E-state index in [0.29, 0.717) is 6.54 Å². The monoisotopic (exact) mass is 519 g/mol. The molecule has 38 heavy (non-hydrogen) atoms. The first-order chi connectivity index (χ1) is 18.7. The highest BCUT2D eigenvalue weighted by Gasteiger charge is 2.24. The number of aromatic nitrogens is 1. The van der Waals surface area contributed by atoms with Crippen LogP contribution in [0.25, 0.3) is 28.1 Å². The SMILES string of the molecule is CCCN1C(=CC=C(C=Cc2cc[n+](CCO)c3ccccc23)CC)Sc2ccc(-c3ccccc3)cc21. The number of thioether (sulfide) groups is 1. The predicted octanol–water partition coefficient (Wildman–Crippen LogP) is 8.00. The molecule has 4 aromatic rings. The molecule has 1 N–H and O–H groups in total. The number of para-hydroxylation sites is 1. The molecule has 0 unspecified atom stereocenters. The van der Waals surface area contributed by atoms with Crippen LogP contribution >= 0.6 is 11.8 Å². The molecule has 0 spiro atoms. The third-order valence-electron chi connectivity index (χ3n) is 6.91. The number of nitrogens with zero attached hydrogens (tertiary/aromatic N) is 2. The fraction of sp³-hybridized carbons (Fsp3) is 0.206. The number of fused-ring (bicyclic) bond motifs is 2. The zero-order valence-corrected chi connectivity index (χ0v) is 23.0. The Balaban J connectivity index is 1.42. The molecule has 0 saturated heterocycles. The van der Waals surface area contributed by atoms with Crippen LogP contribution in [0.5, 0.6) is 0 Å². The van der Waals surface area contributed by atoms with E-state index in [1.165, 1.54) is 43.3 Å². The Morgan fingerprint density at radius 2 is 1.76 bits per heavy atom. The number of anilines is 1. The van der Waals surface area contributed by atoms with E-state index >= 15 is 0 Å². The summed E-state index contributed by atoms with van der Waals surface area (Å²) in [6.45, 7) is 6.18. The summed E-state index contributed by atoms with van der Waals surface area (Å²) in [4.78, 5) is 3.78. The summed E-state index contributed by atoms with van der Waals surface area (Å²) in [6, 6.07) is 28.0. The Morgan fingerprint density at radius 1 is 0.947 bits per heavy atom. The van der Waals surface area contributed by atoms with Gasteiger partial charge in [0.1, 0.15) is 6.61 Å². The summed E-state index contributed by atoms with van der Waals surface area (Å²) >= 11 is 1.86. The van der Waals surface area contributed by atoms with Crippen molar-refractivity contribution in [2.75, 3.05) is 18.1 Å². The number of benzene rings is 3. The molecule has 0 atom stereocenters. The van der Waals surface area contributed by atoms with Crippen LogP contribution in [-0.4, -0.2) is 18.3 Å². The number of hydrogen-bond donors (Lipinski definition) is 1. The fourth-order valence-corrected chi connectivity index (χ4v) is 5.98. The van der Waals surface area contributed by atoms with Crippen molar-refractivity contribution in [3.05, 3.63) is 119 Å². The molecule has 0 radical (unpaired) electrons. The highest BCUT2D eigenvalue weighted by Crippen LogP contribution is 2.47. The maximum absolute atomic E-state index is 9.43. The van der Waals surface area contributed by atoms with Gasteiger partial charge in [-0.2, -0.15) is 4.57 Å². The van der Waals surface area contributed by atoms with Gasteiger partial charge in [0, 0.05) is 23.6 Å². The van der Waals surface area contributed by atoms with Crippen LogP contribution in [0, 0.1) is 0 Å². The minimum Gasteiger partial charge on any atom is -0.390 e. The van der Waals surface area contributed by atoms with E-state index in [-0.39, 0.29) is 6.61 Å². The van der Waals surface area contributed by atoms with Crippen molar-refractivity contribution in [3.8, 4) is 11.1 Å². The van der Waals surface area contributed by atoms with Gasteiger partial charge in [-0.15, -0.1) is 0 Å². The van der Waals surface area contributed by atoms with Crippen LogP contribution in [0.15, 0.2) is 119 Å². The Labute approximate surface area is 230 Å². The molecule has 3 nitrogen and oxygen atoms in total. The minimum absolute atomic E-state index is 0.131. The molecule has 192 valence electrons. The number of allylic oxidation sites excluding steroid dienone is 4. The molecule has 0 saturated carbocycles. The topological polar surface area (TPSA) is 27.4 Å². The fourth-order valence-electron chi connectivity index (χ4n) is 4.91. The Hall–Kier alpha value is -3.60. The van der Waals surface area contributed by atoms with Gasteiger partial charge >= 0.3 is 0 Å². The molecule has 4 heteroatoms. The minimum atomic E-state index is 0.131. The van der Waals surface area contributed by atoms with Crippen LogP contribution in [-0.2, 0) is 6.54 Å². The smallest absolute Gasteiger partial charge is 0.213 e. The lowest BCUT2D eigenvalue weighted by Crippen LogP contribution is -2.36. The van der Waals surface area contributed by atoms with Gasteiger partial charge in [-0.25, -0.2) is 0 Å². The molecule has 0 bridgehead atoms. The number of pyridine rings is 1. The van der Waals surface area contributed by atoms with E-state index in [0.717, 1.165) is 24.9 Å². The Kier molecular flexibility index (Phi) is 8.42. The van der Waals surface area contributed by atoms with Crippen molar-refractivity contribution in [2.24, 2.45) is 0 Å². The zero-order chi connectivity index (χ0) is 26.3. The van der Waals surface area contributed by atoms with E-state index in [1.54, 1.807) is 0 Å². The third-order valence-corrected chi connectivity index (χ3v) is 8.04. The maximum Gasteiger partial charge on any atom is 0.213 e. The van der Waals surface area contributed by atoms with E-state index in [9.17, 15) is 5.11 Å². The van der Waals surface area contributed by atoms with Crippen LogP contribution in [0.2, 0.25) is 0 Å². The van der Waals surface area contributed by atoms with Crippen LogP contribution in [0.1, 0.15) is 32.3 Å². The van der Waals surface area contributed by atoms with Crippen LogP contribution in [0.3, 0.4) is 0 Å². The number of hydrogen-bond acceptors (Lipinski definition) is 3. The quantitative estimate of drug-likeness (QED) is 0.179. The lowest BCUT2D eigenvalue weighted by Gasteiger charge is -2.20. The lowest BCUT2D eigenvalue weighted by atomic mass is 10.0. The first-order valence-electron chi connectivity index (χ1n) is 13.5. The molecule has 5 rings (SSSR count). The van der Waals surface area contributed by atoms with Crippen molar-refractivity contribution >= 4 is 34.4 Å². The normalized spacial score (nSPS) is 14.7. The standard InChI is InChI=1S/C34H35N2OS/c1-3-21-36-32-25-29(27-10-6-5-7-11-27)17-18-33(32)38-34(36)19-15-26(4-2)14-16-28-20-22-35(23-24-37)31-13-9-8-12-30(28)31/h5-20,22,25,37H,3-4,21,23-24H2,1-2H3/q+1. The van der Waals surface area contributed by atoms with E-state index in [4.69, 9.17) is 0 Å². The van der Waals surface area contributed by atoms with E-state index in [2.05, 4.69) is 133 Å². The van der Waals surface area contributed by atoms with E-state index < -0.39 is 0 Å². The van der Waals surface area contributed by atoms with Gasteiger partial charge in [0.2, 0.25) is 5.52 Å². The molecule has 1 aliphatic rings. The number of aliphatic hydroxyl groups excluding tert-OH is 1.